The SMILES string of the molecule is CSc1cccc(CN(C)C(=O)N[C@@H](C)CN2CCCC2)c1. The van der Waals surface area contributed by atoms with Gasteiger partial charge in [0.15, 0.2) is 0 Å². The molecular weight excluding hydrogens is 294 g/mol. The molecular formula is C17H27N3OS. The van der Waals surface area contributed by atoms with Gasteiger partial charge in [0.1, 0.15) is 0 Å². The summed E-state index contributed by atoms with van der Waals surface area (Å²) in [4.78, 5) is 17.7. The van der Waals surface area contributed by atoms with E-state index < -0.39 is 0 Å². The minimum absolute atomic E-state index is 0.00116. The number of thioether (sulfide) groups is 1. The van der Waals surface area contributed by atoms with Gasteiger partial charge in [0.2, 0.25) is 0 Å². The zero-order chi connectivity index (χ0) is 15.9. The van der Waals surface area contributed by atoms with Crippen LogP contribution in [0.4, 0.5) is 4.79 Å². The first kappa shape index (κ1) is 17.2. The minimum Gasteiger partial charge on any atom is -0.334 e. The maximum Gasteiger partial charge on any atom is 0.317 e. The topological polar surface area (TPSA) is 35.6 Å². The highest BCUT2D eigenvalue weighted by molar-refractivity contribution is 7.98. The fourth-order valence-corrected chi connectivity index (χ4v) is 3.32. The highest BCUT2D eigenvalue weighted by Crippen LogP contribution is 2.16. The van der Waals surface area contributed by atoms with Gasteiger partial charge in [-0.2, -0.15) is 0 Å². The van der Waals surface area contributed by atoms with Crippen LogP contribution in [0.15, 0.2) is 29.2 Å². The third-order valence-electron chi connectivity index (χ3n) is 4.00. The van der Waals surface area contributed by atoms with Crippen molar-refractivity contribution in [1.29, 1.82) is 0 Å². The molecule has 1 aliphatic rings. The van der Waals surface area contributed by atoms with Crippen LogP contribution in [0.5, 0.6) is 0 Å². The third-order valence-corrected chi connectivity index (χ3v) is 4.73. The summed E-state index contributed by atoms with van der Waals surface area (Å²) in [5.41, 5.74) is 1.16. The van der Waals surface area contributed by atoms with E-state index in [0.29, 0.717) is 6.54 Å². The molecule has 0 aromatic heterocycles. The molecule has 1 saturated heterocycles. The summed E-state index contributed by atoms with van der Waals surface area (Å²) in [6.45, 7) is 5.99. The first-order valence-electron chi connectivity index (χ1n) is 7.95. The van der Waals surface area contributed by atoms with E-state index >= 15 is 0 Å². The Balaban J connectivity index is 1.80. The summed E-state index contributed by atoms with van der Waals surface area (Å²) in [5.74, 6) is 0. The van der Waals surface area contributed by atoms with E-state index in [4.69, 9.17) is 0 Å². The van der Waals surface area contributed by atoms with Crippen LogP contribution in [-0.2, 0) is 6.54 Å². The Kier molecular flexibility index (Phi) is 6.58. The van der Waals surface area contributed by atoms with Crippen LogP contribution in [0.3, 0.4) is 0 Å². The molecule has 0 saturated carbocycles. The molecule has 1 aromatic carbocycles. The molecule has 2 amide bonds. The molecule has 4 nitrogen and oxygen atoms in total. The number of carbonyl (C=O) groups excluding carboxylic acids is 1. The number of rotatable bonds is 6. The summed E-state index contributed by atoms with van der Waals surface area (Å²) in [5, 5.41) is 3.10. The van der Waals surface area contributed by atoms with Crippen molar-refractivity contribution < 1.29 is 4.79 Å². The standard InChI is InChI=1S/C17H27N3OS/c1-14(12-20-9-4-5-10-20)18-17(21)19(2)13-15-7-6-8-16(11-15)22-3/h6-8,11,14H,4-5,9-10,12-13H2,1-3H3,(H,18,21)/t14-/m0/s1. The average Bonchev–Trinajstić information content (AvgIpc) is 3.00. The molecule has 1 atom stereocenters. The molecule has 1 fully saturated rings. The summed E-state index contributed by atoms with van der Waals surface area (Å²) in [7, 11) is 1.85. The van der Waals surface area contributed by atoms with Crippen LogP contribution in [-0.4, -0.2) is 54.8 Å². The Morgan fingerprint density at radius 2 is 2.14 bits per heavy atom. The quantitative estimate of drug-likeness (QED) is 0.818. The maximum absolute atomic E-state index is 12.3. The fourth-order valence-electron chi connectivity index (χ4n) is 2.84. The molecule has 1 aliphatic heterocycles. The number of amides is 2. The Hall–Kier alpha value is -1.20. The van der Waals surface area contributed by atoms with E-state index in [0.717, 1.165) is 25.2 Å². The van der Waals surface area contributed by atoms with Crippen molar-refractivity contribution in [3.8, 4) is 0 Å². The van der Waals surface area contributed by atoms with Crippen molar-refractivity contribution in [1.82, 2.24) is 15.1 Å². The molecule has 0 radical (unpaired) electrons. The summed E-state index contributed by atoms with van der Waals surface area (Å²) in [6, 6.07) is 8.53. The van der Waals surface area contributed by atoms with Crippen molar-refractivity contribution in [3.05, 3.63) is 29.8 Å². The van der Waals surface area contributed by atoms with Crippen molar-refractivity contribution in [2.75, 3.05) is 32.9 Å². The zero-order valence-electron chi connectivity index (χ0n) is 13.8. The monoisotopic (exact) mass is 321 g/mol. The average molecular weight is 321 g/mol. The van der Waals surface area contributed by atoms with E-state index in [1.54, 1.807) is 16.7 Å². The molecule has 1 heterocycles. The molecule has 5 heteroatoms. The van der Waals surface area contributed by atoms with Crippen molar-refractivity contribution in [3.63, 3.8) is 0 Å². The van der Waals surface area contributed by atoms with E-state index in [1.807, 2.05) is 13.1 Å². The molecule has 22 heavy (non-hydrogen) atoms. The third kappa shape index (κ3) is 5.21. The number of urea groups is 1. The largest absolute Gasteiger partial charge is 0.334 e. The molecule has 0 aliphatic carbocycles. The summed E-state index contributed by atoms with van der Waals surface area (Å²) in [6.07, 6.45) is 4.63. The summed E-state index contributed by atoms with van der Waals surface area (Å²) >= 11 is 1.72. The predicted molar refractivity (Wildman–Crippen MR) is 93.4 cm³/mol. The van der Waals surface area contributed by atoms with Gasteiger partial charge in [-0.05, 0) is 56.8 Å². The van der Waals surface area contributed by atoms with Crippen LogP contribution < -0.4 is 5.32 Å². The van der Waals surface area contributed by atoms with Crippen LogP contribution >= 0.6 is 11.8 Å². The second-order valence-corrected chi connectivity index (χ2v) is 6.95. The van der Waals surface area contributed by atoms with E-state index in [2.05, 4.69) is 41.6 Å². The van der Waals surface area contributed by atoms with E-state index in [-0.39, 0.29) is 12.1 Å². The predicted octanol–water partition coefficient (Wildman–Crippen LogP) is 3.03. The van der Waals surface area contributed by atoms with Crippen molar-refractivity contribution in [2.24, 2.45) is 0 Å². The first-order chi connectivity index (χ1) is 10.6. The highest BCUT2D eigenvalue weighted by Gasteiger charge is 2.17. The van der Waals surface area contributed by atoms with E-state index in [1.165, 1.54) is 17.7 Å². The van der Waals surface area contributed by atoms with Gasteiger partial charge in [-0.1, -0.05) is 12.1 Å². The number of likely N-dealkylation sites (tertiary alicyclic amines) is 1. The number of hydrogen-bond acceptors (Lipinski definition) is 3. The number of carbonyl (C=O) groups is 1. The van der Waals surface area contributed by atoms with Crippen LogP contribution in [0.25, 0.3) is 0 Å². The molecule has 1 aromatic rings. The van der Waals surface area contributed by atoms with Crippen molar-refractivity contribution >= 4 is 17.8 Å². The molecule has 1 N–H and O–H groups in total. The second-order valence-electron chi connectivity index (χ2n) is 6.07. The lowest BCUT2D eigenvalue weighted by atomic mass is 10.2. The second kappa shape index (κ2) is 8.44. The van der Waals surface area contributed by atoms with Crippen LogP contribution in [0, 0.1) is 0 Å². The Labute approximate surface area is 138 Å². The van der Waals surface area contributed by atoms with Gasteiger partial charge in [-0.15, -0.1) is 11.8 Å². The number of hydrogen-bond donors (Lipinski definition) is 1. The van der Waals surface area contributed by atoms with Crippen molar-refractivity contribution in [2.45, 2.75) is 37.2 Å². The normalized spacial score (nSPS) is 16.5. The number of nitrogens with zero attached hydrogens (tertiary/aromatic N) is 2. The molecule has 0 unspecified atom stereocenters. The van der Waals surface area contributed by atoms with Crippen LogP contribution in [0.1, 0.15) is 25.3 Å². The maximum atomic E-state index is 12.3. The van der Waals surface area contributed by atoms with E-state index in [9.17, 15) is 4.79 Å². The van der Waals surface area contributed by atoms with Gasteiger partial charge in [-0.3, -0.25) is 0 Å². The lowest BCUT2D eigenvalue weighted by Gasteiger charge is -2.24. The van der Waals surface area contributed by atoms with Gasteiger partial charge in [-0.25, -0.2) is 4.79 Å². The van der Waals surface area contributed by atoms with Gasteiger partial charge in [0.25, 0.3) is 0 Å². The number of nitrogens with one attached hydrogen (secondary N) is 1. The Bertz CT molecular complexity index is 489. The van der Waals surface area contributed by atoms with Gasteiger partial charge >= 0.3 is 6.03 Å². The zero-order valence-corrected chi connectivity index (χ0v) is 14.7. The smallest absolute Gasteiger partial charge is 0.317 e. The lowest BCUT2D eigenvalue weighted by Crippen LogP contribution is -2.46. The first-order valence-corrected chi connectivity index (χ1v) is 9.18. The molecule has 122 valence electrons. The molecule has 0 bridgehead atoms. The Morgan fingerprint density at radius 3 is 2.82 bits per heavy atom. The highest BCUT2D eigenvalue weighted by atomic mass is 32.2. The van der Waals surface area contributed by atoms with Gasteiger partial charge in [0.05, 0.1) is 0 Å². The minimum atomic E-state index is 0.00116. The Morgan fingerprint density at radius 1 is 1.41 bits per heavy atom. The van der Waals surface area contributed by atoms with Crippen LogP contribution in [0.2, 0.25) is 0 Å². The lowest BCUT2D eigenvalue weighted by molar-refractivity contribution is 0.198. The summed E-state index contributed by atoms with van der Waals surface area (Å²) < 4.78 is 0. The molecule has 2 rings (SSSR count). The molecule has 0 spiro atoms. The van der Waals surface area contributed by atoms with Gasteiger partial charge < -0.3 is 15.1 Å². The van der Waals surface area contributed by atoms with Gasteiger partial charge in [0, 0.05) is 31.1 Å². The number of benzene rings is 1. The fraction of sp³-hybridized carbons (Fsp3) is 0.588.